The van der Waals surface area contributed by atoms with Gasteiger partial charge in [0.2, 0.25) is 5.91 Å². The first kappa shape index (κ1) is 16.8. The van der Waals surface area contributed by atoms with Crippen molar-refractivity contribution in [1.29, 1.82) is 0 Å². The predicted octanol–water partition coefficient (Wildman–Crippen LogP) is 4.30. The lowest BCUT2D eigenvalue weighted by molar-refractivity contribution is -0.126. The summed E-state index contributed by atoms with van der Waals surface area (Å²) in [4.78, 5) is 24.8. The first-order valence-electron chi connectivity index (χ1n) is 9.98. The summed E-state index contributed by atoms with van der Waals surface area (Å²) in [5.41, 5.74) is 2.01. The van der Waals surface area contributed by atoms with Crippen LogP contribution in [0.25, 0.3) is 0 Å². The first-order chi connectivity index (χ1) is 12.0. The van der Waals surface area contributed by atoms with Crippen molar-refractivity contribution in [3.05, 3.63) is 35.4 Å². The third kappa shape index (κ3) is 3.51. The number of rotatable bonds is 6. The van der Waals surface area contributed by atoms with Crippen LogP contribution in [0.1, 0.15) is 74.2 Å². The minimum absolute atomic E-state index is 0.0532. The van der Waals surface area contributed by atoms with E-state index in [2.05, 4.69) is 12.2 Å². The Kier molecular flexibility index (Phi) is 4.43. The Bertz CT molecular complexity index is 626. The Labute approximate surface area is 150 Å². The molecule has 0 aliphatic heterocycles. The van der Waals surface area contributed by atoms with E-state index in [1.807, 2.05) is 24.3 Å². The Morgan fingerprint density at radius 3 is 2.04 bits per heavy atom. The smallest absolute Gasteiger partial charge is 0.220 e. The molecule has 0 aromatic heterocycles. The third-order valence-corrected chi connectivity index (χ3v) is 6.71. The second kappa shape index (κ2) is 6.59. The van der Waals surface area contributed by atoms with Crippen LogP contribution >= 0.6 is 0 Å². The van der Waals surface area contributed by atoms with Crippen LogP contribution in [-0.2, 0) is 11.2 Å². The Hall–Kier alpha value is -1.64. The summed E-state index contributed by atoms with van der Waals surface area (Å²) in [7, 11) is 0. The second-order valence-corrected chi connectivity index (χ2v) is 8.72. The largest absolute Gasteiger partial charge is 0.351 e. The van der Waals surface area contributed by atoms with E-state index in [-0.39, 0.29) is 17.2 Å². The highest BCUT2D eigenvalue weighted by molar-refractivity contribution is 5.98. The van der Waals surface area contributed by atoms with Gasteiger partial charge in [-0.1, -0.05) is 31.2 Å². The van der Waals surface area contributed by atoms with Crippen LogP contribution in [0.5, 0.6) is 0 Å². The summed E-state index contributed by atoms with van der Waals surface area (Å²) < 4.78 is 0. The Morgan fingerprint density at radius 1 is 0.960 bits per heavy atom. The average molecular weight is 339 g/mol. The fraction of sp³-hybridized carbons (Fsp3) is 0.636. The molecule has 3 nitrogen and oxygen atoms in total. The van der Waals surface area contributed by atoms with Gasteiger partial charge >= 0.3 is 0 Å². The minimum atomic E-state index is 0.0532. The number of carbonyl (C=O) groups is 2. The number of Topliss-reactive ketones (excluding diaryl/α,β-unsaturated/α-hetero) is 1. The van der Waals surface area contributed by atoms with Gasteiger partial charge in [-0.05, 0) is 68.3 Å². The number of nitrogens with one attached hydrogen (secondary N) is 1. The molecule has 4 aliphatic carbocycles. The molecular weight excluding hydrogens is 310 g/mol. The van der Waals surface area contributed by atoms with E-state index in [4.69, 9.17) is 0 Å². The Morgan fingerprint density at radius 2 is 1.52 bits per heavy atom. The van der Waals surface area contributed by atoms with Gasteiger partial charge in [0.1, 0.15) is 0 Å². The molecule has 1 aromatic carbocycles. The van der Waals surface area contributed by atoms with Crippen molar-refractivity contribution in [3.8, 4) is 0 Å². The van der Waals surface area contributed by atoms with E-state index in [0.29, 0.717) is 12.8 Å². The molecule has 134 valence electrons. The van der Waals surface area contributed by atoms with Gasteiger partial charge in [0.25, 0.3) is 0 Å². The number of carbonyl (C=O) groups excluding carboxylic acids is 2. The molecule has 0 radical (unpaired) electrons. The first-order valence-corrected chi connectivity index (χ1v) is 9.98. The number of hydrogen-bond donors (Lipinski definition) is 1. The lowest BCUT2D eigenvalue weighted by Crippen LogP contribution is -2.59. The van der Waals surface area contributed by atoms with E-state index in [1.54, 1.807) is 0 Å². The van der Waals surface area contributed by atoms with Gasteiger partial charge in [-0.15, -0.1) is 0 Å². The summed E-state index contributed by atoms with van der Waals surface area (Å²) in [5, 5.41) is 3.36. The van der Waals surface area contributed by atoms with E-state index >= 15 is 0 Å². The third-order valence-electron chi connectivity index (χ3n) is 6.71. The number of benzene rings is 1. The monoisotopic (exact) mass is 339 g/mol. The zero-order valence-electron chi connectivity index (χ0n) is 15.2. The highest BCUT2D eigenvalue weighted by atomic mass is 16.2. The lowest BCUT2D eigenvalue weighted by Gasteiger charge is -2.56. The number of hydrogen-bond acceptors (Lipinski definition) is 2. The SMILES string of the molecule is CCc1ccc(C(=O)CCC(=O)NC23CC4CC(CC(C4)C2)C3)cc1. The predicted molar refractivity (Wildman–Crippen MR) is 98.4 cm³/mol. The Balaban J connectivity index is 1.31. The van der Waals surface area contributed by atoms with Crippen LogP contribution in [0, 0.1) is 17.8 Å². The maximum atomic E-state index is 12.5. The van der Waals surface area contributed by atoms with E-state index in [1.165, 1.54) is 24.8 Å². The van der Waals surface area contributed by atoms with Crippen molar-refractivity contribution >= 4 is 11.7 Å². The molecule has 1 aromatic rings. The summed E-state index contributed by atoms with van der Waals surface area (Å²) >= 11 is 0. The van der Waals surface area contributed by atoms with E-state index < -0.39 is 0 Å². The zero-order chi connectivity index (χ0) is 17.4. The van der Waals surface area contributed by atoms with Gasteiger partial charge in [0.05, 0.1) is 0 Å². The van der Waals surface area contributed by atoms with Crippen molar-refractivity contribution in [2.24, 2.45) is 17.8 Å². The summed E-state index contributed by atoms with van der Waals surface area (Å²) in [6.45, 7) is 2.10. The van der Waals surface area contributed by atoms with Gasteiger partial charge in [0.15, 0.2) is 5.78 Å². The van der Waals surface area contributed by atoms with Crippen molar-refractivity contribution < 1.29 is 9.59 Å². The van der Waals surface area contributed by atoms with Gasteiger partial charge in [-0.25, -0.2) is 0 Å². The topological polar surface area (TPSA) is 46.2 Å². The van der Waals surface area contributed by atoms with Crippen LogP contribution in [0.15, 0.2) is 24.3 Å². The molecule has 1 amide bonds. The van der Waals surface area contributed by atoms with Gasteiger partial charge in [-0.3, -0.25) is 9.59 Å². The van der Waals surface area contributed by atoms with Crippen molar-refractivity contribution in [2.75, 3.05) is 0 Å². The standard InChI is InChI=1S/C22H29NO2/c1-2-15-3-5-19(6-4-15)20(24)7-8-21(25)23-22-12-16-9-17(13-22)11-18(10-16)14-22/h3-6,16-18H,2,7-14H2,1H3,(H,23,25). The van der Waals surface area contributed by atoms with Crippen molar-refractivity contribution in [1.82, 2.24) is 5.32 Å². The molecule has 0 unspecified atom stereocenters. The molecule has 4 bridgehead atoms. The normalized spacial score (nSPS) is 32.6. The fourth-order valence-corrected chi connectivity index (χ4v) is 5.92. The molecule has 0 saturated heterocycles. The number of amides is 1. The highest BCUT2D eigenvalue weighted by Crippen LogP contribution is 2.55. The average Bonchev–Trinajstić information content (AvgIpc) is 2.58. The van der Waals surface area contributed by atoms with Crippen molar-refractivity contribution in [2.45, 2.75) is 70.3 Å². The second-order valence-electron chi connectivity index (χ2n) is 8.72. The van der Waals surface area contributed by atoms with Crippen LogP contribution in [0.4, 0.5) is 0 Å². The quantitative estimate of drug-likeness (QED) is 0.786. The van der Waals surface area contributed by atoms with Crippen LogP contribution in [0.2, 0.25) is 0 Å². The van der Waals surface area contributed by atoms with Crippen LogP contribution < -0.4 is 5.32 Å². The molecule has 0 heterocycles. The molecule has 0 atom stereocenters. The van der Waals surface area contributed by atoms with E-state index in [0.717, 1.165) is 49.0 Å². The van der Waals surface area contributed by atoms with Gasteiger partial charge in [-0.2, -0.15) is 0 Å². The minimum Gasteiger partial charge on any atom is -0.351 e. The molecule has 3 heteroatoms. The fourth-order valence-electron chi connectivity index (χ4n) is 5.92. The zero-order valence-corrected chi connectivity index (χ0v) is 15.2. The molecule has 5 rings (SSSR count). The molecule has 4 aliphatic rings. The molecule has 1 N–H and O–H groups in total. The summed E-state index contributed by atoms with van der Waals surface area (Å²) in [5.74, 6) is 2.62. The molecule has 4 fully saturated rings. The summed E-state index contributed by atoms with van der Waals surface area (Å²) in [6, 6.07) is 7.78. The maximum absolute atomic E-state index is 12.5. The van der Waals surface area contributed by atoms with E-state index in [9.17, 15) is 9.59 Å². The lowest BCUT2D eigenvalue weighted by atomic mass is 9.53. The molecule has 4 saturated carbocycles. The maximum Gasteiger partial charge on any atom is 0.220 e. The number of ketones is 1. The van der Waals surface area contributed by atoms with Gasteiger partial charge < -0.3 is 5.32 Å². The summed E-state index contributed by atoms with van der Waals surface area (Å²) in [6.07, 6.45) is 9.22. The highest BCUT2D eigenvalue weighted by Gasteiger charge is 2.51. The number of aryl methyl sites for hydroxylation is 1. The molecular formula is C22H29NO2. The van der Waals surface area contributed by atoms with Crippen molar-refractivity contribution in [3.63, 3.8) is 0 Å². The molecule has 0 spiro atoms. The van der Waals surface area contributed by atoms with Gasteiger partial charge in [0, 0.05) is 23.9 Å². The molecule has 25 heavy (non-hydrogen) atoms. The van der Waals surface area contributed by atoms with Crippen LogP contribution in [0.3, 0.4) is 0 Å². The van der Waals surface area contributed by atoms with Crippen LogP contribution in [-0.4, -0.2) is 17.2 Å².